The molecule has 3 N–H and O–H groups in total. The molecule has 0 unspecified atom stereocenters. The number of anilines is 2. The lowest BCUT2D eigenvalue weighted by Gasteiger charge is -2.08. The van der Waals surface area contributed by atoms with Crippen LogP contribution in [0.3, 0.4) is 0 Å². The smallest absolute Gasteiger partial charge is 0.408 e. The van der Waals surface area contributed by atoms with Crippen molar-refractivity contribution >= 4 is 45.9 Å². The highest BCUT2D eigenvalue weighted by Gasteiger charge is 2.19. The zero-order valence-electron chi connectivity index (χ0n) is 14.0. The van der Waals surface area contributed by atoms with Crippen LogP contribution in [-0.2, 0) is 6.54 Å². The maximum atomic E-state index is 10.8. The Bertz CT molecular complexity index is 1000. The number of benzene rings is 1. The summed E-state index contributed by atoms with van der Waals surface area (Å²) in [5, 5.41) is 21.1. The van der Waals surface area contributed by atoms with Crippen LogP contribution in [0, 0.1) is 10.1 Å². The second-order valence-electron chi connectivity index (χ2n) is 5.27. The van der Waals surface area contributed by atoms with E-state index in [1.54, 1.807) is 17.7 Å². The van der Waals surface area contributed by atoms with E-state index in [9.17, 15) is 10.1 Å². The zero-order valence-corrected chi connectivity index (χ0v) is 15.6. The quantitative estimate of drug-likeness (QED) is 0.349. The lowest BCUT2D eigenvalue weighted by molar-refractivity contribution is -0.389. The number of halogens is 1. The fourth-order valence-electron chi connectivity index (χ4n) is 2.24. The number of hydrogen-bond donors (Lipinski definition) is 2. The van der Waals surface area contributed by atoms with Gasteiger partial charge in [-0.15, -0.1) is 11.3 Å². The topological polar surface area (TPSA) is 133 Å². The summed E-state index contributed by atoms with van der Waals surface area (Å²) in [4.78, 5) is 14.3. The Balaban J connectivity index is 1.74. The summed E-state index contributed by atoms with van der Waals surface area (Å²) in [6, 6.07) is 5.44. The lowest BCUT2D eigenvalue weighted by Crippen LogP contribution is -2.04. The predicted molar refractivity (Wildman–Crippen MR) is 104 cm³/mol. The van der Waals surface area contributed by atoms with Gasteiger partial charge in [0.15, 0.2) is 5.02 Å². The van der Waals surface area contributed by atoms with E-state index in [1.165, 1.54) is 29.3 Å². The fraction of sp³-hybridized carbons (Fsp3) is 0.133. The number of nitrogens with two attached hydrogens (primary N) is 1. The summed E-state index contributed by atoms with van der Waals surface area (Å²) in [7, 11) is 1.54. The van der Waals surface area contributed by atoms with E-state index in [-0.39, 0.29) is 17.4 Å². The van der Waals surface area contributed by atoms with Crippen molar-refractivity contribution in [2.24, 2.45) is 5.10 Å². The molecule has 10 nitrogen and oxygen atoms in total. The van der Waals surface area contributed by atoms with E-state index in [0.29, 0.717) is 16.7 Å². The number of nitrogen functional groups attached to an aromatic ring is 1. The van der Waals surface area contributed by atoms with Gasteiger partial charge in [-0.2, -0.15) is 9.78 Å². The number of ether oxygens (including phenoxy) is 1. The van der Waals surface area contributed by atoms with E-state index < -0.39 is 4.92 Å². The molecule has 3 aromatic rings. The van der Waals surface area contributed by atoms with Gasteiger partial charge in [-0.25, -0.2) is 4.98 Å². The average Bonchev–Trinajstić information content (AvgIpc) is 3.21. The van der Waals surface area contributed by atoms with Crippen molar-refractivity contribution in [3.8, 4) is 5.75 Å². The van der Waals surface area contributed by atoms with Crippen LogP contribution < -0.4 is 15.9 Å². The van der Waals surface area contributed by atoms with Crippen LogP contribution in [0.25, 0.3) is 0 Å². The van der Waals surface area contributed by atoms with Crippen LogP contribution in [0.1, 0.15) is 11.1 Å². The number of hydrogen-bond acceptors (Lipinski definition) is 9. The van der Waals surface area contributed by atoms with E-state index in [4.69, 9.17) is 22.1 Å². The minimum absolute atomic E-state index is 0.0170. The van der Waals surface area contributed by atoms with Crippen molar-refractivity contribution in [3.63, 3.8) is 0 Å². The van der Waals surface area contributed by atoms with E-state index in [1.807, 2.05) is 12.1 Å². The number of hydrazone groups is 1. The molecule has 0 atom stereocenters. The molecule has 0 aliphatic rings. The molecule has 0 aliphatic carbocycles. The van der Waals surface area contributed by atoms with Gasteiger partial charge in [-0.3, -0.25) is 5.43 Å². The zero-order chi connectivity index (χ0) is 19.4. The number of methoxy groups -OCH3 is 1. The van der Waals surface area contributed by atoms with Gasteiger partial charge in [-0.05, 0) is 16.6 Å². The minimum atomic E-state index is -0.626. The third kappa shape index (κ3) is 4.51. The Morgan fingerprint density at radius 1 is 1.56 bits per heavy atom. The molecule has 0 spiro atoms. The van der Waals surface area contributed by atoms with Crippen LogP contribution in [-0.4, -0.2) is 33.0 Å². The predicted octanol–water partition coefficient (Wildman–Crippen LogP) is 2.99. The standard InChI is InChI=1S/C15H14ClN7O3S/c1-26-12-4-9(5-18-20-15-19-13(17)8-27-15)2-3-10(12)6-22-7-11(16)14(21-22)23(24)25/h2-5,7-8H,6,17H2,1H3,(H,19,20). The second kappa shape index (κ2) is 8.01. The number of nitro groups is 1. The average molecular weight is 408 g/mol. The summed E-state index contributed by atoms with van der Waals surface area (Å²) < 4.78 is 6.78. The molecule has 0 saturated carbocycles. The van der Waals surface area contributed by atoms with Crippen LogP contribution in [0.5, 0.6) is 5.75 Å². The van der Waals surface area contributed by atoms with Crippen molar-refractivity contribution in [2.45, 2.75) is 6.54 Å². The normalized spacial score (nSPS) is 11.0. The molecular formula is C15H14ClN7O3S. The Hall–Kier alpha value is -3.18. The molecule has 0 radical (unpaired) electrons. The number of aromatic nitrogens is 3. The third-order valence-electron chi connectivity index (χ3n) is 3.41. The first-order chi connectivity index (χ1) is 13.0. The molecule has 12 heteroatoms. The Labute approximate surface area is 162 Å². The molecule has 140 valence electrons. The van der Waals surface area contributed by atoms with E-state index in [0.717, 1.165) is 11.1 Å². The maximum Gasteiger partial charge on any atom is 0.408 e. The molecule has 0 aliphatic heterocycles. The van der Waals surface area contributed by atoms with Crippen LogP contribution in [0.4, 0.5) is 16.8 Å². The molecular weight excluding hydrogens is 394 g/mol. The molecule has 3 rings (SSSR count). The Morgan fingerprint density at radius 3 is 3.00 bits per heavy atom. The van der Waals surface area contributed by atoms with Gasteiger partial charge in [0.25, 0.3) is 0 Å². The molecule has 27 heavy (non-hydrogen) atoms. The molecule has 0 fully saturated rings. The number of rotatable bonds is 7. The number of nitrogens with zero attached hydrogens (tertiary/aromatic N) is 5. The minimum Gasteiger partial charge on any atom is -0.496 e. The highest BCUT2D eigenvalue weighted by atomic mass is 35.5. The number of thiazole rings is 1. The Morgan fingerprint density at radius 2 is 2.37 bits per heavy atom. The van der Waals surface area contributed by atoms with Gasteiger partial charge < -0.3 is 20.6 Å². The molecule has 2 heterocycles. The highest BCUT2D eigenvalue weighted by molar-refractivity contribution is 7.14. The first kappa shape index (κ1) is 18.6. The van der Waals surface area contributed by atoms with Gasteiger partial charge >= 0.3 is 5.82 Å². The van der Waals surface area contributed by atoms with Crippen molar-refractivity contribution in [1.82, 2.24) is 14.8 Å². The lowest BCUT2D eigenvalue weighted by atomic mass is 10.1. The van der Waals surface area contributed by atoms with Gasteiger partial charge in [0.2, 0.25) is 5.13 Å². The van der Waals surface area contributed by atoms with Gasteiger partial charge in [0, 0.05) is 10.9 Å². The summed E-state index contributed by atoms with van der Waals surface area (Å²) in [6.07, 6.45) is 3.01. The van der Waals surface area contributed by atoms with Crippen molar-refractivity contribution in [3.05, 3.63) is 56.0 Å². The fourth-order valence-corrected chi connectivity index (χ4v) is 3.01. The Kier molecular flexibility index (Phi) is 5.52. The van der Waals surface area contributed by atoms with Crippen molar-refractivity contribution in [2.75, 3.05) is 18.3 Å². The number of nitrogens with one attached hydrogen (secondary N) is 1. The molecule has 0 amide bonds. The van der Waals surface area contributed by atoms with Crippen LogP contribution in [0.15, 0.2) is 34.9 Å². The van der Waals surface area contributed by atoms with Crippen molar-refractivity contribution in [1.29, 1.82) is 0 Å². The molecule has 0 bridgehead atoms. The summed E-state index contributed by atoms with van der Waals surface area (Å²) in [6.45, 7) is 0.269. The van der Waals surface area contributed by atoms with Crippen molar-refractivity contribution < 1.29 is 9.66 Å². The van der Waals surface area contributed by atoms with E-state index >= 15 is 0 Å². The SMILES string of the molecule is COc1cc(C=NNc2nc(N)cs2)ccc1Cn1cc(Cl)c([N+](=O)[O-])n1. The summed E-state index contributed by atoms with van der Waals surface area (Å²) >= 11 is 7.17. The molecule has 2 aromatic heterocycles. The summed E-state index contributed by atoms with van der Waals surface area (Å²) in [5.41, 5.74) is 9.90. The monoisotopic (exact) mass is 407 g/mol. The van der Waals surface area contributed by atoms with Gasteiger partial charge in [0.1, 0.15) is 11.6 Å². The second-order valence-corrected chi connectivity index (χ2v) is 6.54. The van der Waals surface area contributed by atoms with E-state index in [2.05, 4.69) is 20.6 Å². The highest BCUT2D eigenvalue weighted by Crippen LogP contribution is 2.25. The molecule has 1 aromatic carbocycles. The van der Waals surface area contributed by atoms with Gasteiger partial charge in [0.05, 0.1) is 31.2 Å². The van der Waals surface area contributed by atoms with Crippen LogP contribution >= 0.6 is 22.9 Å². The summed E-state index contributed by atoms with van der Waals surface area (Å²) in [5.74, 6) is 0.641. The first-order valence-corrected chi connectivity index (χ1v) is 8.76. The van der Waals surface area contributed by atoms with Gasteiger partial charge in [-0.1, -0.05) is 23.7 Å². The molecule has 0 saturated heterocycles. The third-order valence-corrected chi connectivity index (χ3v) is 4.44. The maximum absolute atomic E-state index is 10.8. The largest absolute Gasteiger partial charge is 0.496 e. The van der Waals surface area contributed by atoms with Crippen LogP contribution in [0.2, 0.25) is 5.02 Å². The first-order valence-electron chi connectivity index (χ1n) is 7.50.